The van der Waals surface area contributed by atoms with E-state index in [1.54, 1.807) is 18.2 Å². The van der Waals surface area contributed by atoms with Gasteiger partial charge in [0.05, 0.1) is 11.0 Å². The van der Waals surface area contributed by atoms with Gasteiger partial charge in [0.2, 0.25) is 17.2 Å². The van der Waals surface area contributed by atoms with Gasteiger partial charge in [-0.2, -0.15) is 0 Å². The van der Waals surface area contributed by atoms with Crippen molar-refractivity contribution in [2.45, 2.75) is 5.41 Å². The normalized spacial score (nSPS) is 13.6. The summed E-state index contributed by atoms with van der Waals surface area (Å²) in [5, 5.41) is 3.34. The van der Waals surface area contributed by atoms with Crippen LogP contribution >= 0.6 is 0 Å². The van der Waals surface area contributed by atoms with Crippen LogP contribution in [0.1, 0.15) is 33.4 Å². The molecule has 0 fully saturated rings. The zero-order valence-corrected chi connectivity index (χ0v) is 29.0. The lowest BCUT2D eigenvalue weighted by Gasteiger charge is -2.34. The highest BCUT2D eigenvalue weighted by Gasteiger charge is 2.46. The Morgan fingerprint density at radius 1 is 0.446 bits per heavy atom. The summed E-state index contributed by atoms with van der Waals surface area (Å²) in [7, 11) is 0. The van der Waals surface area contributed by atoms with Crippen molar-refractivity contribution in [3.8, 4) is 81.8 Å². The minimum Gasteiger partial charge on any atom is -0.449 e. The number of fused-ring (bicyclic) bond motifs is 9. The van der Waals surface area contributed by atoms with Crippen LogP contribution < -0.4 is 18.9 Å². The first-order valence-corrected chi connectivity index (χ1v) is 17.7. The molecule has 0 radical (unpaired) electrons. The molecule has 0 saturated heterocycles. The van der Waals surface area contributed by atoms with Gasteiger partial charge in [-0.1, -0.05) is 84.6 Å². The first-order valence-electron chi connectivity index (χ1n) is 17.7. The van der Waals surface area contributed by atoms with Crippen LogP contribution in [0.5, 0.6) is 46.0 Å². The molecule has 8 aromatic carbocycles. The Kier molecular flexibility index (Phi) is 6.52. The molecular formula is C49H23F3O4. The molecular weight excluding hydrogens is 710 g/mol. The largest absolute Gasteiger partial charge is 0.449 e. The highest BCUT2D eigenvalue weighted by molar-refractivity contribution is 5.93. The molecule has 0 saturated carbocycles. The van der Waals surface area contributed by atoms with Crippen molar-refractivity contribution in [3.05, 3.63) is 178 Å². The summed E-state index contributed by atoms with van der Waals surface area (Å²) in [5.41, 5.74) is 5.61. The van der Waals surface area contributed by atoms with E-state index < -0.39 is 28.6 Å². The fourth-order valence-corrected chi connectivity index (χ4v) is 8.47. The second-order valence-corrected chi connectivity index (χ2v) is 13.9. The third-order valence-electron chi connectivity index (χ3n) is 10.9. The third kappa shape index (κ3) is 4.34. The van der Waals surface area contributed by atoms with Crippen molar-refractivity contribution in [3.63, 3.8) is 0 Å². The molecule has 0 aromatic heterocycles. The molecule has 2 heterocycles. The minimum absolute atomic E-state index is 0.0253. The summed E-state index contributed by atoms with van der Waals surface area (Å²) >= 11 is 0. The van der Waals surface area contributed by atoms with Gasteiger partial charge in [-0.25, -0.2) is 13.2 Å². The number of hydrogen-bond acceptors (Lipinski definition) is 4. The maximum atomic E-state index is 15.3. The van der Waals surface area contributed by atoms with E-state index in [9.17, 15) is 4.39 Å². The maximum Gasteiger partial charge on any atom is 0.210 e. The Labute approximate surface area is 318 Å². The van der Waals surface area contributed by atoms with Crippen LogP contribution in [0, 0.1) is 42.1 Å². The number of benzene rings is 8. The van der Waals surface area contributed by atoms with Crippen LogP contribution in [-0.4, -0.2) is 0 Å². The summed E-state index contributed by atoms with van der Waals surface area (Å²) in [4.78, 5) is 0. The van der Waals surface area contributed by atoms with Crippen LogP contribution in [0.3, 0.4) is 0 Å². The standard InChI is InChI=1S/C49H23F3O4/c1-3-26-17-38(50)46-44(18-26)53-40-22-28-13-15-32(19-30(28)24-42(40)54-46)49(36-11-7-5-9-34(36)35-10-6-8-12-37(35)49)33-16-14-29-23-41-43(25-31(29)20-33)56-48-45(52)27(4-2)21-39(51)47(48)55-41/h1-2,5-25H. The molecule has 1 aliphatic carbocycles. The van der Waals surface area contributed by atoms with Crippen LogP contribution in [-0.2, 0) is 5.41 Å². The van der Waals surface area contributed by atoms with Gasteiger partial charge in [-0.15, -0.1) is 12.8 Å². The maximum absolute atomic E-state index is 15.3. The van der Waals surface area contributed by atoms with Crippen molar-refractivity contribution < 1.29 is 32.1 Å². The van der Waals surface area contributed by atoms with E-state index in [4.69, 9.17) is 31.8 Å². The smallest absolute Gasteiger partial charge is 0.210 e. The quantitative estimate of drug-likeness (QED) is 0.166. The zero-order chi connectivity index (χ0) is 37.9. The first-order chi connectivity index (χ1) is 27.3. The van der Waals surface area contributed by atoms with Crippen LogP contribution in [0.2, 0.25) is 0 Å². The molecule has 4 nitrogen and oxygen atoms in total. The van der Waals surface area contributed by atoms with Gasteiger partial charge in [0.1, 0.15) is 0 Å². The van der Waals surface area contributed by atoms with Gasteiger partial charge in [0.15, 0.2) is 46.2 Å². The van der Waals surface area contributed by atoms with Crippen LogP contribution in [0.15, 0.2) is 127 Å². The zero-order valence-electron chi connectivity index (χ0n) is 29.0. The molecule has 56 heavy (non-hydrogen) atoms. The molecule has 3 aliphatic rings. The molecule has 0 N–H and O–H groups in total. The number of halogens is 3. The molecule has 7 heteroatoms. The highest BCUT2D eigenvalue weighted by Crippen LogP contribution is 2.58. The second-order valence-electron chi connectivity index (χ2n) is 13.9. The molecule has 0 unspecified atom stereocenters. The van der Waals surface area contributed by atoms with Gasteiger partial charge in [-0.3, -0.25) is 0 Å². The van der Waals surface area contributed by atoms with E-state index in [0.29, 0.717) is 17.1 Å². The Balaban J connectivity index is 1.10. The molecule has 8 aromatic rings. The fraction of sp³-hybridized carbons (Fsp3) is 0.0204. The van der Waals surface area contributed by atoms with Crippen molar-refractivity contribution >= 4 is 21.5 Å². The average Bonchev–Trinajstić information content (AvgIpc) is 3.53. The Bertz CT molecular complexity index is 3120. The van der Waals surface area contributed by atoms with E-state index >= 15 is 8.78 Å². The Morgan fingerprint density at radius 2 is 0.964 bits per heavy atom. The SMILES string of the molecule is C#Cc1cc(F)c2c(c1)Oc1cc3ccc(C4(c5ccc6cc7c(cc6c5)Oc5c(F)c(C#C)cc(F)c5O7)c5ccccc5-c5ccccc54)cc3cc1O2. The van der Waals surface area contributed by atoms with Gasteiger partial charge < -0.3 is 18.9 Å². The van der Waals surface area contributed by atoms with Crippen molar-refractivity contribution in [1.29, 1.82) is 0 Å². The van der Waals surface area contributed by atoms with E-state index in [2.05, 4.69) is 60.4 Å². The predicted molar refractivity (Wildman–Crippen MR) is 208 cm³/mol. The molecule has 264 valence electrons. The molecule has 2 aliphatic heterocycles. The van der Waals surface area contributed by atoms with Crippen molar-refractivity contribution in [2.75, 3.05) is 0 Å². The van der Waals surface area contributed by atoms with Gasteiger partial charge in [-0.05, 0) is 103 Å². The molecule has 11 rings (SSSR count). The number of rotatable bonds is 2. The minimum atomic E-state index is -0.872. The summed E-state index contributed by atoms with van der Waals surface area (Å²) in [6.45, 7) is 0. The number of terminal acetylenes is 2. The van der Waals surface area contributed by atoms with E-state index in [-0.39, 0.29) is 34.3 Å². The van der Waals surface area contributed by atoms with Crippen molar-refractivity contribution in [1.82, 2.24) is 0 Å². The lowest BCUT2D eigenvalue weighted by atomic mass is 9.67. The third-order valence-corrected chi connectivity index (χ3v) is 10.9. The summed E-state index contributed by atoms with van der Waals surface area (Å²) < 4.78 is 69.4. The lowest BCUT2D eigenvalue weighted by Crippen LogP contribution is -2.28. The lowest BCUT2D eigenvalue weighted by molar-refractivity contribution is 0.327. The van der Waals surface area contributed by atoms with Crippen LogP contribution in [0.25, 0.3) is 32.7 Å². The van der Waals surface area contributed by atoms with Crippen LogP contribution in [0.4, 0.5) is 13.2 Å². The van der Waals surface area contributed by atoms with Crippen molar-refractivity contribution in [2.24, 2.45) is 0 Å². The molecule has 0 atom stereocenters. The Morgan fingerprint density at radius 3 is 1.55 bits per heavy atom. The first kappa shape index (κ1) is 31.9. The van der Waals surface area contributed by atoms with E-state index in [0.717, 1.165) is 61.0 Å². The predicted octanol–water partition coefficient (Wildman–Crippen LogP) is 12.5. The number of ether oxygens (including phenoxy) is 4. The molecule has 0 amide bonds. The molecule has 0 spiro atoms. The highest BCUT2D eigenvalue weighted by atomic mass is 19.1. The average molecular weight is 733 g/mol. The van der Waals surface area contributed by atoms with Gasteiger partial charge >= 0.3 is 0 Å². The van der Waals surface area contributed by atoms with E-state index in [1.165, 1.54) is 6.07 Å². The van der Waals surface area contributed by atoms with Gasteiger partial charge in [0.25, 0.3) is 0 Å². The number of hydrogen-bond donors (Lipinski definition) is 0. The van der Waals surface area contributed by atoms with E-state index in [1.807, 2.05) is 48.5 Å². The Hall–Kier alpha value is -7.61. The topological polar surface area (TPSA) is 36.9 Å². The summed E-state index contributed by atoms with van der Waals surface area (Å²) in [6.07, 6.45) is 11.0. The molecule has 0 bridgehead atoms. The van der Waals surface area contributed by atoms with Gasteiger partial charge in [0, 0.05) is 11.6 Å². The summed E-state index contributed by atoms with van der Waals surface area (Å²) in [6, 6.07) is 40.2. The monoisotopic (exact) mass is 732 g/mol. The fourth-order valence-electron chi connectivity index (χ4n) is 8.47. The second kappa shape index (κ2) is 11.4. The summed E-state index contributed by atoms with van der Waals surface area (Å²) in [5.74, 6) is 3.05.